The summed E-state index contributed by atoms with van der Waals surface area (Å²) in [6.45, 7) is 6.36. The van der Waals surface area contributed by atoms with Gasteiger partial charge in [-0.25, -0.2) is 0 Å². The lowest BCUT2D eigenvalue weighted by Crippen LogP contribution is -2.32. The Bertz CT molecular complexity index is 476. The summed E-state index contributed by atoms with van der Waals surface area (Å²) < 4.78 is 0. The summed E-state index contributed by atoms with van der Waals surface area (Å²) in [7, 11) is 0. The standard InChI is InChI=1S/C16H22N2O/c1-10(2)12-4-6-13(7-5-12)15-17-11(3)16(19)18(15)14-8-9-14/h4-7,10-11,14-15,17H,8-9H2,1-3H3. The molecule has 3 nitrogen and oxygen atoms in total. The van der Waals surface area contributed by atoms with E-state index in [0.29, 0.717) is 12.0 Å². The predicted molar refractivity (Wildman–Crippen MR) is 75.7 cm³/mol. The SMILES string of the molecule is CC1NC(c2ccc(C(C)C)cc2)N(C2CC2)C1=O. The van der Waals surface area contributed by atoms with Gasteiger partial charge in [0, 0.05) is 6.04 Å². The van der Waals surface area contributed by atoms with Crippen LogP contribution in [0.25, 0.3) is 0 Å². The Kier molecular flexibility index (Phi) is 3.09. The van der Waals surface area contributed by atoms with Crippen molar-refractivity contribution in [2.24, 2.45) is 0 Å². The second-order valence-corrected chi connectivity index (χ2v) is 6.09. The second-order valence-electron chi connectivity index (χ2n) is 6.09. The van der Waals surface area contributed by atoms with Crippen LogP contribution in [0.3, 0.4) is 0 Å². The van der Waals surface area contributed by atoms with E-state index in [0.717, 1.165) is 12.8 Å². The molecule has 19 heavy (non-hydrogen) atoms. The smallest absolute Gasteiger partial charge is 0.241 e. The van der Waals surface area contributed by atoms with Crippen LogP contribution in [0.2, 0.25) is 0 Å². The van der Waals surface area contributed by atoms with Gasteiger partial charge in [-0.15, -0.1) is 0 Å². The van der Waals surface area contributed by atoms with Gasteiger partial charge in [0.05, 0.1) is 6.04 Å². The van der Waals surface area contributed by atoms with E-state index >= 15 is 0 Å². The lowest BCUT2D eigenvalue weighted by Gasteiger charge is -2.24. The average Bonchev–Trinajstić information content (AvgIpc) is 3.18. The Hall–Kier alpha value is -1.35. The lowest BCUT2D eigenvalue weighted by molar-refractivity contribution is -0.130. The van der Waals surface area contributed by atoms with Gasteiger partial charge in [0.2, 0.25) is 5.91 Å². The van der Waals surface area contributed by atoms with Crippen molar-refractivity contribution in [3.63, 3.8) is 0 Å². The fourth-order valence-corrected chi connectivity index (χ4v) is 2.80. The summed E-state index contributed by atoms with van der Waals surface area (Å²) in [6.07, 6.45) is 2.37. The lowest BCUT2D eigenvalue weighted by atomic mass is 10.0. The molecule has 1 amide bonds. The molecule has 0 aromatic heterocycles. The number of amides is 1. The molecule has 2 unspecified atom stereocenters. The second kappa shape index (κ2) is 4.64. The Morgan fingerprint density at radius 1 is 1.21 bits per heavy atom. The first-order valence-electron chi connectivity index (χ1n) is 7.26. The number of carbonyl (C=O) groups excluding carboxylic acids is 1. The number of hydrogen-bond donors (Lipinski definition) is 1. The van der Waals surface area contributed by atoms with E-state index in [2.05, 4.69) is 48.3 Å². The van der Waals surface area contributed by atoms with Gasteiger partial charge in [-0.05, 0) is 36.8 Å². The maximum absolute atomic E-state index is 12.2. The van der Waals surface area contributed by atoms with E-state index in [4.69, 9.17) is 0 Å². The van der Waals surface area contributed by atoms with E-state index in [1.165, 1.54) is 11.1 Å². The molecule has 0 radical (unpaired) electrons. The molecule has 0 bridgehead atoms. The van der Waals surface area contributed by atoms with Crippen LogP contribution < -0.4 is 5.32 Å². The molecule has 102 valence electrons. The van der Waals surface area contributed by atoms with Crippen molar-refractivity contribution in [3.8, 4) is 0 Å². The molecule has 1 heterocycles. The fourth-order valence-electron chi connectivity index (χ4n) is 2.80. The molecule has 1 saturated heterocycles. The minimum atomic E-state index is -0.0598. The van der Waals surface area contributed by atoms with Crippen LogP contribution in [0.5, 0.6) is 0 Å². The van der Waals surface area contributed by atoms with Gasteiger partial charge >= 0.3 is 0 Å². The summed E-state index contributed by atoms with van der Waals surface area (Å²) in [6, 6.07) is 9.08. The maximum Gasteiger partial charge on any atom is 0.241 e. The van der Waals surface area contributed by atoms with Crippen molar-refractivity contribution in [3.05, 3.63) is 35.4 Å². The Morgan fingerprint density at radius 2 is 1.84 bits per heavy atom. The minimum Gasteiger partial charge on any atom is -0.319 e. The predicted octanol–water partition coefficient (Wildman–Crippen LogP) is 2.79. The summed E-state index contributed by atoms with van der Waals surface area (Å²) in [5.41, 5.74) is 2.55. The highest BCUT2D eigenvalue weighted by molar-refractivity contribution is 5.84. The molecule has 0 spiro atoms. The van der Waals surface area contributed by atoms with Crippen molar-refractivity contribution >= 4 is 5.91 Å². The molecule has 1 saturated carbocycles. The van der Waals surface area contributed by atoms with Crippen LogP contribution in [0.4, 0.5) is 0 Å². The first-order valence-corrected chi connectivity index (χ1v) is 7.26. The summed E-state index contributed by atoms with van der Waals surface area (Å²) in [5.74, 6) is 0.797. The van der Waals surface area contributed by atoms with Crippen LogP contribution in [-0.4, -0.2) is 22.9 Å². The van der Waals surface area contributed by atoms with Crippen molar-refractivity contribution in [1.29, 1.82) is 0 Å². The summed E-state index contributed by atoms with van der Waals surface area (Å²) in [5, 5.41) is 3.42. The average molecular weight is 258 g/mol. The molecule has 1 aliphatic heterocycles. The van der Waals surface area contributed by atoms with E-state index in [1.807, 2.05) is 6.92 Å². The third kappa shape index (κ3) is 2.27. The van der Waals surface area contributed by atoms with Crippen LogP contribution in [0, 0.1) is 0 Å². The number of nitrogens with one attached hydrogen (secondary N) is 1. The number of benzene rings is 1. The maximum atomic E-state index is 12.2. The number of rotatable bonds is 3. The molecule has 3 rings (SSSR count). The third-order valence-corrected chi connectivity index (χ3v) is 4.17. The summed E-state index contributed by atoms with van der Waals surface area (Å²) >= 11 is 0. The zero-order valence-electron chi connectivity index (χ0n) is 11.9. The molecular formula is C16H22N2O. The largest absolute Gasteiger partial charge is 0.319 e. The highest BCUT2D eigenvalue weighted by Crippen LogP contribution is 2.37. The quantitative estimate of drug-likeness (QED) is 0.904. The van der Waals surface area contributed by atoms with Gasteiger partial charge < -0.3 is 4.90 Å². The first-order chi connectivity index (χ1) is 9.08. The Balaban J connectivity index is 1.86. The van der Waals surface area contributed by atoms with E-state index in [9.17, 15) is 4.79 Å². The van der Waals surface area contributed by atoms with Crippen molar-refractivity contribution in [2.45, 2.75) is 57.8 Å². The van der Waals surface area contributed by atoms with Crippen molar-refractivity contribution in [1.82, 2.24) is 10.2 Å². The Morgan fingerprint density at radius 3 is 2.37 bits per heavy atom. The summed E-state index contributed by atoms with van der Waals surface area (Å²) in [4.78, 5) is 14.3. The van der Waals surface area contributed by atoms with Gasteiger partial charge in [-0.3, -0.25) is 10.1 Å². The minimum absolute atomic E-state index is 0.0598. The van der Waals surface area contributed by atoms with Gasteiger partial charge in [0.15, 0.2) is 0 Å². The van der Waals surface area contributed by atoms with Crippen LogP contribution in [-0.2, 0) is 4.79 Å². The number of carbonyl (C=O) groups is 1. The normalized spacial score (nSPS) is 27.4. The topological polar surface area (TPSA) is 32.3 Å². The van der Waals surface area contributed by atoms with Gasteiger partial charge in [0.25, 0.3) is 0 Å². The zero-order valence-corrected chi connectivity index (χ0v) is 11.9. The van der Waals surface area contributed by atoms with Gasteiger partial charge in [-0.2, -0.15) is 0 Å². The highest BCUT2D eigenvalue weighted by Gasteiger charge is 2.44. The van der Waals surface area contributed by atoms with Crippen LogP contribution >= 0.6 is 0 Å². The van der Waals surface area contributed by atoms with Crippen LogP contribution in [0.1, 0.15) is 56.8 Å². The zero-order chi connectivity index (χ0) is 13.6. The first kappa shape index (κ1) is 12.7. The van der Waals surface area contributed by atoms with E-state index in [-0.39, 0.29) is 18.1 Å². The molecule has 2 aliphatic rings. The van der Waals surface area contributed by atoms with Crippen molar-refractivity contribution in [2.75, 3.05) is 0 Å². The number of hydrogen-bond acceptors (Lipinski definition) is 2. The third-order valence-electron chi connectivity index (χ3n) is 4.17. The fraction of sp³-hybridized carbons (Fsp3) is 0.562. The van der Waals surface area contributed by atoms with E-state index in [1.54, 1.807) is 0 Å². The van der Waals surface area contributed by atoms with Crippen molar-refractivity contribution < 1.29 is 4.79 Å². The molecule has 1 aromatic rings. The van der Waals surface area contributed by atoms with Crippen LogP contribution in [0.15, 0.2) is 24.3 Å². The molecular weight excluding hydrogens is 236 g/mol. The molecule has 2 atom stereocenters. The molecule has 1 N–H and O–H groups in total. The monoisotopic (exact) mass is 258 g/mol. The van der Waals surface area contributed by atoms with Gasteiger partial charge in [0.1, 0.15) is 6.17 Å². The highest BCUT2D eigenvalue weighted by atomic mass is 16.2. The Labute approximate surface area is 115 Å². The molecule has 1 aromatic carbocycles. The number of nitrogens with zero attached hydrogens (tertiary/aromatic N) is 1. The molecule has 3 heteroatoms. The van der Waals surface area contributed by atoms with E-state index < -0.39 is 0 Å². The molecule has 2 fully saturated rings. The van der Waals surface area contributed by atoms with Gasteiger partial charge in [-0.1, -0.05) is 38.1 Å². The molecule has 1 aliphatic carbocycles.